The van der Waals surface area contributed by atoms with Gasteiger partial charge in [-0.3, -0.25) is 0 Å². The smallest absolute Gasteiger partial charge is 0.0223 e. The average Bonchev–Trinajstić information content (AvgIpc) is 2.65. The molecule has 1 aliphatic heterocycles. The number of nitrogens with one attached hydrogen (secondary N) is 1. The first kappa shape index (κ1) is 15.3. The highest BCUT2D eigenvalue weighted by Crippen LogP contribution is 2.28. The van der Waals surface area contributed by atoms with E-state index in [0.29, 0.717) is 5.41 Å². The van der Waals surface area contributed by atoms with Crippen molar-refractivity contribution < 1.29 is 0 Å². The zero-order valence-electron chi connectivity index (χ0n) is 13.4. The van der Waals surface area contributed by atoms with Gasteiger partial charge in [0.1, 0.15) is 0 Å². The lowest BCUT2D eigenvalue weighted by Gasteiger charge is -2.36. The second-order valence-electron chi connectivity index (χ2n) is 7.57. The molecule has 0 aromatic rings. The van der Waals surface area contributed by atoms with Crippen LogP contribution in [0.2, 0.25) is 0 Å². The van der Waals surface area contributed by atoms with Gasteiger partial charge in [0.05, 0.1) is 0 Å². The molecule has 0 spiro atoms. The van der Waals surface area contributed by atoms with Crippen LogP contribution in [0.15, 0.2) is 0 Å². The van der Waals surface area contributed by atoms with Gasteiger partial charge in [-0.05, 0) is 50.1 Å². The summed E-state index contributed by atoms with van der Waals surface area (Å²) in [6.45, 7) is 12.2. The Morgan fingerprint density at radius 2 is 1.84 bits per heavy atom. The van der Waals surface area contributed by atoms with Crippen LogP contribution in [0.3, 0.4) is 0 Å². The topological polar surface area (TPSA) is 15.3 Å². The maximum absolute atomic E-state index is 3.84. The van der Waals surface area contributed by atoms with Gasteiger partial charge in [0.15, 0.2) is 0 Å². The molecule has 2 aliphatic rings. The highest BCUT2D eigenvalue weighted by molar-refractivity contribution is 4.86. The minimum Gasteiger partial charge on any atom is -0.312 e. The summed E-state index contributed by atoms with van der Waals surface area (Å²) in [6, 6.07) is 0.760. The van der Waals surface area contributed by atoms with E-state index in [1.54, 1.807) is 0 Å². The Morgan fingerprint density at radius 1 is 1.11 bits per heavy atom. The third-order valence-electron chi connectivity index (χ3n) is 5.34. The molecule has 1 heterocycles. The van der Waals surface area contributed by atoms with Gasteiger partial charge in [0.25, 0.3) is 0 Å². The lowest BCUT2D eigenvalue weighted by Crippen LogP contribution is -2.45. The highest BCUT2D eigenvalue weighted by Gasteiger charge is 2.28. The summed E-state index contributed by atoms with van der Waals surface area (Å²) in [5, 5.41) is 3.84. The molecular formula is C17H34N2. The first-order valence-corrected chi connectivity index (χ1v) is 8.56. The summed E-state index contributed by atoms with van der Waals surface area (Å²) in [7, 11) is 0. The van der Waals surface area contributed by atoms with Gasteiger partial charge in [-0.15, -0.1) is 0 Å². The van der Waals surface area contributed by atoms with Gasteiger partial charge >= 0.3 is 0 Å². The lowest BCUT2D eigenvalue weighted by atomic mass is 9.83. The highest BCUT2D eigenvalue weighted by atomic mass is 15.2. The molecule has 1 unspecified atom stereocenters. The van der Waals surface area contributed by atoms with E-state index < -0.39 is 0 Å². The van der Waals surface area contributed by atoms with Crippen LogP contribution in [0.5, 0.6) is 0 Å². The number of hydrogen-bond donors (Lipinski definition) is 1. The lowest BCUT2D eigenvalue weighted by molar-refractivity contribution is 0.150. The number of nitrogens with zero attached hydrogens (tertiary/aromatic N) is 1. The monoisotopic (exact) mass is 266 g/mol. The summed E-state index contributed by atoms with van der Waals surface area (Å²) in [5.41, 5.74) is 0.474. The van der Waals surface area contributed by atoms with Crippen molar-refractivity contribution in [1.82, 2.24) is 10.2 Å². The molecule has 19 heavy (non-hydrogen) atoms. The van der Waals surface area contributed by atoms with E-state index >= 15 is 0 Å². The van der Waals surface area contributed by atoms with Crippen molar-refractivity contribution in [2.75, 3.05) is 26.2 Å². The largest absolute Gasteiger partial charge is 0.312 e. The van der Waals surface area contributed by atoms with E-state index in [0.717, 1.165) is 12.0 Å². The zero-order chi connectivity index (χ0) is 13.7. The second-order valence-corrected chi connectivity index (χ2v) is 7.57. The summed E-state index contributed by atoms with van der Waals surface area (Å²) in [5.74, 6) is 0.944. The van der Waals surface area contributed by atoms with Crippen molar-refractivity contribution in [3.63, 3.8) is 0 Å². The standard InChI is InChI=1S/C17H34N2/c1-4-17(2,3)14-19-12-8-11-18-16(13-19)15-9-6-5-7-10-15/h15-16,18H,4-14H2,1-3H3. The van der Waals surface area contributed by atoms with Gasteiger partial charge in [-0.25, -0.2) is 0 Å². The maximum atomic E-state index is 3.84. The number of hydrogen-bond acceptors (Lipinski definition) is 2. The average molecular weight is 266 g/mol. The van der Waals surface area contributed by atoms with E-state index in [1.807, 2.05) is 0 Å². The van der Waals surface area contributed by atoms with Crippen molar-refractivity contribution in [2.24, 2.45) is 11.3 Å². The fraction of sp³-hybridized carbons (Fsp3) is 1.00. The molecular weight excluding hydrogens is 232 g/mol. The van der Waals surface area contributed by atoms with Gasteiger partial charge < -0.3 is 10.2 Å². The Hall–Kier alpha value is -0.0800. The van der Waals surface area contributed by atoms with Crippen molar-refractivity contribution in [3.8, 4) is 0 Å². The van der Waals surface area contributed by atoms with Crippen LogP contribution in [-0.2, 0) is 0 Å². The SMILES string of the molecule is CCC(C)(C)CN1CCCNC(C2CCCCC2)C1. The van der Waals surface area contributed by atoms with Crippen LogP contribution < -0.4 is 5.32 Å². The van der Waals surface area contributed by atoms with E-state index in [-0.39, 0.29) is 0 Å². The van der Waals surface area contributed by atoms with Crippen molar-refractivity contribution >= 4 is 0 Å². The summed E-state index contributed by atoms with van der Waals surface area (Å²) >= 11 is 0. The Kier molecular flexibility index (Phi) is 5.70. The molecule has 2 nitrogen and oxygen atoms in total. The minimum absolute atomic E-state index is 0.474. The van der Waals surface area contributed by atoms with Crippen LogP contribution in [0, 0.1) is 11.3 Å². The summed E-state index contributed by atoms with van der Waals surface area (Å²) in [6.07, 6.45) is 9.92. The Bertz CT molecular complexity index is 256. The third-order valence-corrected chi connectivity index (χ3v) is 5.34. The first-order chi connectivity index (χ1) is 9.11. The van der Waals surface area contributed by atoms with Crippen molar-refractivity contribution in [3.05, 3.63) is 0 Å². The molecule has 2 rings (SSSR count). The molecule has 1 atom stereocenters. The van der Waals surface area contributed by atoms with Crippen LogP contribution in [0.25, 0.3) is 0 Å². The molecule has 1 saturated carbocycles. The molecule has 112 valence electrons. The van der Waals surface area contributed by atoms with Crippen LogP contribution in [0.1, 0.15) is 65.7 Å². The molecule has 1 aliphatic carbocycles. The third kappa shape index (κ3) is 4.75. The van der Waals surface area contributed by atoms with Crippen molar-refractivity contribution in [1.29, 1.82) is 0 Å². The predicted octanol–water partition coefficient (Wildman–Crippen LogP) is 3.67. The van der Waals surface area contributed by atoms with Gasteiger partial charge in [0.2, 0.25) is 0 Å². The van der Waals surface area contributed by atoms with Gasteiger partial charge in [-0.1, -0.05) is 40.0 Å². The first-order valence-electron chi connectivity index (χ1n) is 8.56. The molecule has 1 saturated heterocycles. The van der Waals surface area contributed by atoms with E-state index in [2.05, 4.69) is 31.0 Å². The van der Waals surface area contributed by atoms with E-state index in [4.69, 9.17) is 0 Å². The maximum Gasteiger partial charge on any atom is 0.0223 e. The van der Waals surface area contributed by atoms with E-state index in [9.17, 15) is 0 Å². The van der Waals surface area contributed by atoms with Crippen LogP contribution >= 0.6 is 0 Å². The number of rotatable bonds is 4. The fourth-order valence-corrected chi connectivity index (χ4v) is 3.74. The Labute approximate surface area is 120 Å². The Balaban J connectivity index is 1.90. The summed E-state index contributed by atoms with van der Waals surface area (Å²) in [4.78, 5) is 2.74. The molecule has 1 N–H and O–H groups in total. The molecule has 2 fully saturated rings. The molecule has 2 heteroatoms. The normalized spacial score (nSPS) is 28.3. The van der Waals surface area contributed by atoms with Crippen LogP contribution in [-0.4, -0.2) is 37.1 Å². The predicted molar refractivity (Wildman–Crippen MR) is 83.5 cm³/mol. The van der Waals surface area contributed by atoms with Crippen molar-refractivity contribution in [2.45, 2.75) is 71.8 Å². The van der Waals surface area contributed by atoms with Gasteiger partial charge in [-0.2, -0.15) is 0 Å². The second kappa shape index (κ2) is 7.08. The van der Waals surface area contributed by atoms with E-state index in [1.165, 1.54) is 71.1 Å². The Morgan fingerprint density at radius 3 is 2.53 bits per heavy atom. The molecule has 0 amide bonds. The molecule has 0 aromatic carbocycles. The quantitative estimate of drug-likeness (QED) is 0.835. The molecule has 0 radical (unpaired) electrons. The fourth-order valence-electron chi connectivity index (χ4n) is 3.74. The van der Waals surface area contributed by atoms with Crippen LogP contribution in [0.4, 0.5) is 0 Å². The minimum atomic E-state index is 0.474. The zero-order valence-corrected chi connectivity index (χ0v) is 13.4. The molecule has 0 bridgehead atoms. The molecule has 0 aromatic heterocycles. The summed E-state index contributed by atoms with van der Waals surface area (Å²) < 4.78 is 0. The van der Waals surface area contributed by atoms with Gasteiger partial charge in [0, 0.05) is 19.1 Å².